The van der Waals surface area contributed by atoms with Gasteiger partial charge in [0.2, 0.25) is 0 Å². The number of carbonyl (C=O) groups excluding carboxylic acids is 3. The molecule has 1 atom stereocenters. The summed E-state index contributed by atoms with van der Waals surface area (Å²) in [5.41, 5.74) is 1.28. The van der Waals surface area contributed by atoms with E-state index in [0.717, 1.165) is 0 Å². The Hall–Kier alpha value is -2.81. The maximum absolute atomic E-state index is 12.6. The van der Waals surface area contributed by atoms with Crippen molar-refractivity contribution in [1.29, 1.82) is 0 Å². The molecule has 28 heavy (non-hydrogen) atoms. The Morgan fingerprint density at radius 3 is 2.75 bits per heavy atom. The van der Waals surface area contributed by atoms with Gasteiger partial charge in [0, 0.05) is 24.4 Å². The number of rotatable bonds is 5. The predicted octanol–water partition coefficient (Wildman–Crippen LogP) is 1.92. The van der Waals surface area contributed by atoms with Crippen LogP contribution in [0.1, 0.15) is 16.1 Å². The van der Waals surface area contributed by atoms with Crippen molar-refractivity contribution in [2.75, 3.05) is 32.6 Å². The molecule has 0 bridgehead atoms. The quantitative estimate of drug-likeness (QED) is 0.697. The number of nitrogens with zero attached hydrogens (tertiary/aromatic N) is 2. The second-order valence-corrected chi connectivity index (χ2v) is 7.44. The van der Waals surface area contributed by atoms with Crippen LogP contribution in [0, 0.1) is 6.92 Å². The molecule has 0 N–H and O–H groups in total. The molecule has 1 aromatic carbocycles. The summed E-state index contributed by atoms with van der Waals surface area (Å²) in [5, 5.41) is 3.51. The lowest BCUT2D eigenvalue weighted by Crippen LogP contribution is -2.46. The third kappa shape index (κ3) is 4.36. The van der Waals surface area contributed by atoms with Gasteiger partial charge in [-0.3, -0.25) is 9.59 Å². The first kappa shape index (κ1) is 19.9. The third-order valence-electron chi connectivity index (χ3n) is 4.32. The highest BCUT2D eigenvalue weighted by Crippen LogP contribution is 2.26. The van der Waals surface area contributed by atoms with Gasteiger partial charge in [0.25, 0.3) is 5.91 Å². The van der Waals surface area contributed by atoms with Crippen LogP contribution in [0.4, 0.5) is 0 Å². The molecule has 0 radical (unpaired) electrons. The number of thioether (sulfide) groups is 1. The first-order valence-electron chi connectivity index (χ1n) is 8.67. The zero-order valence-corrected chi connectivity index (χ0v) is 16.4. The first-order chi connectivity index (χ1) is 13.5. The third-order valence-corrected chi connectivity index (χ3v) is 5.49. The normalized spacial score (nSPS) is 16.5. The summed E-state index contributed by atoms with van der Waals surface area (Å²) in [6, 6.07) is 9.11. The van der Waals surface area contributed by atoms with E-state index in [1.54, 1.807) is 19.1 Å². The average Bonchev–Trinajstić information content (AvgIpc) is 3.13. The van der Waals surface area contributed by atoms with E-state index in [-0.39, 0.29) is 24.0 Å². The van der Waals surface area contributed by atoms with Crippen LogP contribution in [0.15, 0.2) is 34.9 Å². The van der Waals surface area contributed by atoms with Crippen LogP contribution in [0.5, 0.6) is 0 Å². The number of esters is 2. The molecule has 1 aliphatic heterocycles. The standard InChI is InChI=1S/C19H20N2O6S/c1-12-16(17(20-27-12)13-6-4-3-5-7-13)19(24)26-11-15(22)21-8-9-28-14(10-21)18(23)25-2/h3-7,14H,8-11H2,1-2H3/t14-/m1/s1. The second-order valence-electron chi connectivity index (χ2n) is 6.13. The molecule has 9 heteroatoms. The number of ether oxygens (including phenoxy) is 2. The van der Waals surface area contributed by atoms with Crippen molar-refractivity contribution < 1.29 is 28.4 Å². The number of carbonyl (C=O) groups is 3. The summed E-state index contributed by atoms with van der Waals surface area (Å²) in [7, 11) is 1.32. The van der Waals surface area contributed by atoms with Crippen molar-refractivity contribution in [3.8, 4) is 11.3 Å². The van der Waals surface area contributed by atoms with Gasteiger partial charge >= 0.3 is 11.9 Å². The monoisotopic (exact) mass is 404 g/mol. The Balaban J connectivity index is 1.64. The fraction of sp³-hybridized carbons (Fsp3) is 0.368. The Bertz CT molecular complexity index is 867. The number of methoxy groups -OCH3 is 1. The molecule has 0 unspecified atom stereocenters. The number of hydrogen-bond donors (Lipinski definition) is 0. The molecule has 3 rings (SSSR count). The molecule has 1 amide bonds. The van der Waals surface area contributed by atoms with Gasteiger partial charge in [0.15, 0.2) is 6.61 Å². The predicted molar refractivity (Wildman–Crippen MR) is 102 cm³/mol. The maximum atomic E-state index is 12.6. The minimum atomic E-state index is -0.679. The number of benzene rings is 1. The lowest BCUT2D eigenvalue weighted by atomic mass is 10.1. The molecule has 1 saturated heterocycles. The van der Waals surface area contributed by atoms with Crippen LogP contribution < -0.4 is 0 Å². The fourth-order valence-corrected chi connectivity index (χ4v) is 3.97. The van der Waals surface area contributed by atoms with Crippen molar-refractivity contribution in [3.05, 3.63) is 41.7 Å². The molecule has 8 nitrogen and oxygen atoms in total. The Morgan fingerprint density at radius 2 is 2.04 bits per heavy atom. The van der Waals surface area contributed by atoms with E-state index < -0.39 is 17.8 Å². The van der Waals surface area contributed by atoms with Crippen molar-refractivity contribution >= 4 is 29.6 Å². The molecule has 148 valence electrons. The molecule has 2 aromatic rings. The second kappa shape index (κ2) is 8.92. The molecular formula is C19H20N2O6S. The molecule has 0 aliphatic carbocycles. The van der Waals surface area contributed by atoms with Gasteiger partial charge < -0.3 is 18.9 Å². The van der Waals surface area contributed by atoms with Crippen molar-refractivity contribution in [1.82, 2.24) is 10.1 Å². The maximum Gasteiger partial charge on any atom is 0.344 e. The Kier molecular flexibility index (Phi) is 6.35. The minimum Gasteiger partial charge on any atom is -0.468 e. The Labute approximate surface area is 166 Å². The molecule has 0 spiro atoms. The van der Waals surface area contributed by atoms with Crippen molar-refractivity contribution in [2.24, 2.45) is 0 Å². The van der Waals surface area contributed by atoms with E-state index in [0.29, 0.717) is 29.3 Å². The molecule has 2 heterocycles. The van der Waals surface area contributed by atoms with E-state index in [9.17, 15) is 14.4 Å². The highest BCUT2D eigenvalue weighted by atomic mass is 32.2. The average molecular weight is 404 g/mol. The Morgan fingerprint density at radius 1 is 1.29 bits per heavy atom. The van der Waals surface area contributed by atoms with Gasteiger partial charge in [-0.2, -0.15) is 0 Å². The first-order valence-corrected chi connectivity index (χ1v) is 9.72. The topological polar surface area (TPSA) is 98.9 Å². The SMILES string of the molecule is COC(=O)[C@H]1CN(C(=O)COC(=O)c2c(-c3ccccc3)noc2C)CCS1. The highest BCUT2D eigenvalue weighted by molar-refractivity contribution is 8.00. The molecule has 1 fully saturated rings. The number of aromatic nitrogens is 1. The highest BCUT2D eigenvalue weighted by Gasteiger charge is 2.30. The largest absolute Gasteiger partial charge is 0.468 e. The summed E-state index contributed by atoms with van der Waals surface area (Å²) in [4.78, 5) is 38.2. The fourth-order valence-electron chi connectivity index (χ4n) is 2.85. The van der Waals surface area contributed by atoms with Gasteiger partial charge in [-0.15, -0.1) is 11.8 Å². The summed E-state index contributed by atoms with van der Waals surface area (Å²) >= 11 is 1.44. The van der Waals surface area contributed by atoms with Gasteiger partial charge in [0.1, 0.15) is 22.3 Å². The van der Waals surface area contributed by atoms with Gasteiger partial charge in [-0.25, -0.2) is 4.79 Å². The summed E-state index contributed by atoms with van der Waals surface area (Å²) in [5.74, 6) is -0.481. The van der Waals surface area contributed by atoms with Crippen LogP contribution in [-0.4, -0.2) is 65.7 Å². The smallest absolute Gasteiger partial charge is 0.344 e. The van der Waals surface area contributed by atoms with E-state index in [2.05, 4.69) is 5.16 Å². The zero-order valence-electron chi connectivity index (χ0n) is 15.5. The van der Waals surface area contributed by atoms with Crippen molar-refractivity contribution in [3.63, 3.8) is 0 Å². The van der Waals surface area contributed by atoms with E-state index in [4.69, 9.17) is 14.0 Å². The van der Waals surface area contributed by atoms with Crippen LogP contribution >= 0.6 is 11.8 Å². The van der Waals surface area contributed by atoms with Crippen LogP contribution in [0.3, 0.4) is 0 Å². The van der Waals surface area contributed by atoms with Gasteiger partial charge in [0.05, 0.1) is 7.11 Å². The minimum absolute atomic E-state index is 0.195. The van der Waals surface area contributed by atoms with Gasteiger partial charge in [-0.05, 0) is 6.92 Å². The molecular weight excluding hydrogens is 384 g/mol. The summed E-state index contributed by atoms with van der Waals surface area (Å²) < 4.78 is 15.1. The zero-order chi connectivity index (χ0) is 20.1. The number of hydrogen-bond acceptors (Lipinski definition) is 8. The number of amides is 1. The van der Waals surface area contributed by atoms with Crippen LogP contribution in [0.2, 0.25) is 0 Å². The van der Waals surface area contributed by atoms with E-state index in [1.807, 2.05) is 18.2 Å². The molecule has 1 aromatic heterocycles. The van der Waals surface area contributed by atoms with Gasteiger partial charge in [-0.1, -0.05) is 35.5 Å². The van der Waals surface area contributed by atoms with E-state index in [1.165, 1.54) is 23.8 Å². The van der Waals surface area contributed by atoms with Crippen LogP contribution in [-0.2, 0) is 19.1 Å². The lowest BCUT2D eigenvalue weighted by Gasteiger charge is -2.30. The van der Waals surface area contributed by atoms with Crippen LogP contribution in [0.25, 0.3) is 11.3 Å². The summed E-state index contributed by atoms with van der Waals surface area (Å²) in [6.07, 6.45) is 0. The lowest BCUT2D eigenvalue weighted by molar-refractivity contribution is -0.141. The number of aryl methyl sites for hydroxylation is 1. The summed E-state index contributed by atoms with van der Waals surface area (Å²) in [6.45, 7) is 1.91. The molecule has 0 saturated carbocycles. The van der Waals surface area contributed by atoms with Crippen molar-refractivity contribution in [2.45, 2.75) is 12.2 Å². The van der Waals surface area contributed by atoms with E-state index >= 15 is 0 Å². The molecule has 1 aliphatic rings.